The van der Waals surface area contributed by atoms with Gasteiger partial charge in [0.2, 0.25) is 0 Å². The van der Waals surface area contributed by atoms with Crippen LogP contribution in [0.5, 0.6) is 0 Å². The second-order valence-electron chi connectivity index (χ2n) is 7.62. The summed E-state index contributed by atoms with van der Waals surface area (Å²) in [5.41, 5.74) is 6.80. The Bertz CT molecular complexity index is 1080. The number of rotatable bonds is 3. The average Bonchev–Trinajstić information content (AvgIpc) is 2.98. The Morgan fingerprint density at radius 1 is 0.769 bits per heavy atom. The van der Waals surface area contributed by atoms with Gasteiger partial charge in [-0.15, -0.1) is 0 Å². The lowest BCUT2D eigenvalue weighted by molar-refractivity contribution is 0.669. The fourth-order valence-electron chi connectivity index (χ4n) is 3.55. The zero-order valence-electron chi connectivity index (χ0n) is 15.6. The quantitative estimate of drug-likeness (QED) is 0.358. The van der Waals surface area contributed by atoms with Gasteiger partial charge in [-0.25, -0.2) is 0 Å². The minimum Gasteiger partial charge on any atom is -0.456 e. The third kappa shape index (κ3) is 2.91. The Hall–Kier alpha value is -2.25. The smallest absolute Gasteiger partial charge is 0.137 e. The van der Waals surface area contributed by atoms with Gasteiger partial charge >= 0.3 is 0 Å². The summed E-state index contributed by atoms with van der Waals surface area (Å²) >= 11 is 6.45. The summed E-state index contributed by atoms with van der Waals surface area (Å²) in [6, 6.07) is 19.1. The van der Waals surface area contributed by atoms with E-state index in [9.17, 15) is 0 Å². The molecule has 1 nitrogen and oxygen atoms in total. The zero-order chi connectivity index (χ0) is 18.4. The highest BCUT2D eigenvalue weighted by Crippen LogP contribution is 2.40. The lowest BCUT2D eigenvalue weighted by atomic mass is 9.89. The van der Waals surface area contributed by atoms with Gasteiger partial charge in [0.1, 0.15) is 11.2 Å². The van der Waals surface area contributed by atoms with E-state index in [1.807, 2.05) is 18.2 Å². The maximum absolute atomic E-state index is 6.45. The van der Waals surface area contributed by atoms with Crippen molar-refractivity contribution in [1.29, 1.82) is 0 Å². The van der Waals surface area contributed by atoms with Crippen LogP contribution in [0.25, 0.3) is 33.1 Å². The first kappa shape index (κ1) is 17.2. The van der Waals surface area contributed by atoms with Crippen LogP contribution < -0.4 is 0 Å². The molecule has 132 valence electrons. The first-order valence-electron chi connectivity index (χ1n) is 9.20. The molecule has 2 heteroatoms. The van der Waals surface area contributed by atoms with E-state index in [4.69, 9.17) is 16.0 Å². The number of furan rings is 1. The van der Waals surface area contributed by atoms with Crippen LogP contribution in [0.3, 0.4) is 0 Å². The number of para-hydroxylation sites is 1. The highest BCUT2D eigenvalue weighted by Gasteiger charge is 2.16. The lowest BCUT2D eigenvalue weighted by Gasteiger charge is -2.15. The summed E-state index contributed by atoms with van der Waals surface area (Å²) in [4.78, 5) is 0. The molecular weight excluding hydrogens is 340 g/mol. The van der Waals surface area contributed by atoms with Crippen LogP contribution in [-0.2, 0) is 0 Å². The van der Waals surface area contributed by atoms with Crippen LogP contribution in [0, 0.1) is 0 Å². The molecule has 3 aromatic carbocycles. The van der Waals surface area contributed by atoms with Crippen molar-refractivity contribution in [3.63, 3.8) is 0 Å². The SMILES string of the molecule is CC(C)c1cc(-c2cc(Cl)cc3oc4ccccc4c23)cc(C(C)C)c1. The molecule has 0 spiro atoms. The third-order valence-electron chi connectivity index (χ3n) is 5.07. The van der Waals surface area contributed by atoms with Gasteiger partial charge in [0.05, 0.1) is 0 Å². The van der Waals surface area contributed by atoms with Crippen LogP contribution in [0.2, 0.25) is 5.02 Å². The molecule has 4 rings (SSSR count). The Kier molecular flexibility index (Phi) is 4.28. The van der Waals surface area contributed by atoms with Crippen LogP contribution in [0.1, 0.15) is 50.7 Å². The zero-order valence-corrected chi connectivity index (χ0v) is 16.4. The van der Waals surface area contributed by atoms with Gasteiger partial charge in [-0.1, -0.05) is 75.7 Å². The largest absolute Gasteiger partial charge is 0.456 e. The minimum atomic E-state index is 0.475. The molecule has 0 saturated heterocycles. The van der Waals surface area contributed by atoms with Crippen molar-refractivity contribution in [2.24, 2.45) is 0 Å². The van der Waals surface area contributed by atoms with Crippen LogP contribution in [0.4, 0.5) is 0 Å². The Morgan fingerprint density at radius 3 is 2.08 bits per heavy atom. The minimum absolute atomic E-state index is 0.475. The van der Waals surface area contributed by atoms with E-state index < -0.39 is 0 Å². The van der Waals surface area contributed by atoms with E-state index in [2.05, 4.69) is 64.1 Å². The Labute approximate surface area is 159 Å². The fourth-order valence-corrected chi connectivity index (χ4v) is 3.76. The molecule has 0 aliphatic rings. The third-order valence-corrected chi connectivity index (χ3v) is 5.28. The fraction of sp³-hybridized carbons (Fsp3) is 0.250. The molecule has 0 aliphatic carbocycles. The number of fused-ring (bicyclic) bond motifs is 3. The van der Waals surface area contributed by atoms with Crippen molar-refractivity contribution >= 4 is 33.5 Å². The number of hydrogen-bond donors (Lipinski definition) is 0. The van der Waals surface area contributed by atoms with Crippen molar-refractivity contribution in [3.05, 3.63) is 70.7 Å². The maximum Gasteiger partial charge on any atom is 0.137 e. The van der Waals surface area contributed by atoms with Crippen molar-refractivity contribution < 1.29 is 4.42 Å². The predicted octanol–water partition coefficient (Wildman–Crippen LogP) is 8.15. The molecule has 0 radical (unpaired) electrons. The summed E-state index contributed by atoms with van der Waals surface area (Å²) in [6.07, 6.45) is 0. The van der Waals surface area contributed by atoms with E-state index >= 15 is 0 Å². The summed E-state index contributed by atoms with van der Waals surface area (Å²) in [5, 5.41) is 2.98. The van der Waals surface area contributed by atoms with Crippen molar-refractivity contribution in [2.75, 3.05) is 0 Å². The Morgan fingerprint density at radius 2 is 1.42 bits per heavy atom. The molecule has 0 bridgehead atoms. The van der Waals surface area contributed by atoms with Crippen LogP contribution in [-0.4, -0.2) is 0 Å². The standard InChI is InChI=1S/C24H23ClO/c1-14(2)16-9-17(15(3)4)11-18(10-16)21-12-19(25)13-23-24(21)20-7-5-6-8-22(20)26-23/h5-15H,1-4H3. The van der Waals surface area contributed by atoms with Crippen molar-refractivity contribution in [3.8, 4) is 11.1 Å². The second kappa shape index (κ2) is 6.48. The van der Waals surface area contributed by atoms with Gasteiger partial charge in [-0.3, -0.25) is 0 Å². The maximum atomic E-state index is 6.45. The highest BCUT2D eigenvalue weighted by molar-refractivity contribution is 6.32. The van der Waals surface area contributed by atoms with Gasteiger partial charge in [0.15, 0.2) is 0 Å². The number of benzene rings is 3. The summed E-state index contributed by atoms with van der Waals surface area (Å²) < 4.78 is 6.07. The second-order valence-corrected chi connectivity index (χ2v) is 8.06. The van der Waals surface area contributed by atoms with E-state index in [-0.39, 0.29) is 0 Å². The molecule has 0 fully saturated rings. The first-order chi connectivity index (χ1) is 12.4. The van der Waals surface area contributed by atoms with E-state index in [1.165, 1.54) is 16.7 Å². The van der Waals surface area contributed by atoms with Crippen molar-refractivity contribution in [2.45, 2.75) is 39.5 Å². The van der Waals surface area contributed by atoms with E-state index in [0.717, 1.165) is 27.5 Å². The van der Waals surface area contributed by atoms with Gasteiger partial charge in [-0.05, 0) is 46.2 Å². The van der Waals surface area contributed by atoms with Gasteiger partial charge < -0.3 is 4.42 Å². The van der Waals surface area contributed by atoms with Gasteiger partial charge in [0, 0.05) is 21.9 Å². The molecule has 0 atom stereocenters. The summed E-state index contributed by atoms with van der Waals surface area (Å²) in [5.74, 6) is 0.950. The van der Waals surface area contributed by atoms with Gasteiger partial charge in [0.25, 0.3) is 0 Å². The number of halogens is 1. The Balaban J connectivity index is 2.08. The van der Waals surface area contributed by atoms with Gasteiger partial charge in [-0.2, -0.15) is 0 Å². The van der Waals surface area contributed by atoms with E-state index in [1.54, 1.807) is 0 Å². The molecular formula is C24H23ClO. The van der Waals surface area contributed by atoms with Crippen molar-refractivity contribution in [1.82, 2.24) is 0 Å². The molecule has 1 heterocycles. The molecule has 0 N–H and O–H groups in total. The van der Waals surface area contributed by atoms with Crippen LogP contribution in [0.15, 0.2) is 59.0 Å². The monoisotopic (exact) mass is 362 g/mol. The summed E-state index contributed by atoms with van der Waals surface area (Å²) in [7, 11) is 0. The lowest BCUT2D eigenvalue weighted by Crippen LogP contribution is -1.95. The molecule has 26 heavy (non-hydrogen) atoms. The molecule has 1 aromatic heterocycles. The molecule has 0 aliphatic heterocycles. The molecule has 4 aromatic rings. The predicted molar refractivity (Wildman–Crippen MR) is 112 cm³/mol. The first-order valence-corrected chi connectivity index (χ1v) is 9.58. The highest BCUT2D eigenvalue weighted by atomic mass is 35.5. The van der Waals surface area contributed by atoms with E-state index in [0.29, 0.717) is 16.9 Å². The molecule has 0 saturated carbocycles. The van der Waals surface area contributed by atoms with Crippen LogP contribution >= 0.6 is 11.6 Å². The summed E-state index contributed by atoms with van der Waals surface area (Å²) in [6.45, 7) is 8.96. The average molecular weight is 363 g/mol. The molecule has 0 amide bonds. The number of hydrogen-bond acceptors (Lipinski definition) is 1. The molecule has 0 unspecified atom stereocenters. The normalized spacial score (nSPS) is 12.0. The topological polar surface area (TPSA) is 13.1 Å².